The Morgan fingerprint density at radius 2 is 1.59 bits per heavy atom. The molecule has 0 saturated heterocycles. The third-order valence-corrected chi connectivity index (χ3v) is 3.86. The first-order valence-corrected chi connectivity index (χ1v) is 6.74. The van der Waals surface area contributed by atoms with Crippen molar-refractivity contribution in [1.82, 2.24) is 0 Å². The van der Waals surface area contributed by atoms with E-state index in [1.807, 2.05) is 11.3 Å². The van der Waals surface area contributed by atoms with Gasteiger partial charge in [-0.1, -0.05) is 6.07 Å². The van der Waals surface area contributed by atoms with E-state index in [-0.39, 0.29) is 0 Å². The maximum Gasteiger partial charge on any atom is 0.0411 e. The average molecular weight is 245 g/mol. The van der Waals surface area contributed by atoms with Crippen LogP contribution in [0.25, 0.3) is 0 Å². The standard InChI is InChI=1S/C15H19NS/c1-10-5-11(2)7-15(6-10)16-9-14-8-12(3)17-13(14)4/h5-8,16H,9H2,1-4H3. The fraction of sp³-hybridized carbons (Fsp3) is 0.333. The highest BCUT2D eigenvalue weighted by Crippen LogP contribution is 2.22. The smallest absolute Gasteiger partial charge is 0.0411 e. The number of rotatable bonds is 3. The van der Waals surface area contributed by atoms with Gasteiger partial charge in [0.1, 0.15) is 0 Å². The molecule has 0 radical (unpaired) electrons. The minimum atomic E-state index is 0.916. The summed E-state index contributed by atoms with van der Waals surface area (Å²) in [4.78, 5) is 2.80. The normalized spacial score (nSPS) is 10.6. The molecule has 0 saturated carbocycles. The van der Waals surface area contributed by atoms with Gasteiger partial charge in [-0.25, -0.2) is 0 Å². The second kappa shape index (κ2) is 4.92. The fourth-order valence-electron chi connectivity index (χ4n) is 2.13. The van der Waals surface area contributed by atoms with Crippen molar-refractivity contribution < 1.29 is 0 Å². The molecule has 0 aliphatic carbocycles. The van der Waals surface area contributed by atoms with Gasteiger partial charge in [-0.05, 0) is 62.6 Å². The summed E-state index contributed by atoms with van der Waals surface area (Å²) in [6.45, 7) is 9.55. The summed E-state index contributed by atoms with van der Waals surface area (Å²) in [5.74, 6) is 0. The Hall–Kier alpha value is -1.28. The maximum atomic E-state index is 3.50. The summed E-state index contributed by atoms with van der Waals surface area (Å²) in [5.41, 5.74) is 5.24. The van der Waals surface area contributed by atoms with Gasteiger partial charge in [0.25, 0.3) is 0 Å². The van der Waals surface area contributed by atoms with Crippen LogP contribution in [0.5, 0.6) is 0 Å². The Balaban J connectivity index is 2.09. The molecule has 2 aromatic rings. The number of benzene rings is 1. The van der Waals surface area contributed by atoms with Crippen molar-refractivity contribution in [1.29, 1.82) is 0 Å². The van der Waals surface area contributed by atoms with E-state index in [0.29, 0.717) is 0 Å². The predicted molar refractivity (Wildman–Crippen MR) is 77.0 cm³/mol. The van der Waals surface area contributed by atoms with Crippen molar-refractivity contribution in [2.75, 3.05) is 5.32 Å². The second-order valence-electron chi connectivity index (χ2n) is 4.67. The summed E-state index contributed by atoms with van der Waals surface area (Å²) in [7, 11) is 0. The molecule has 1 aromatic carbocycles. The summed E-state index contributed by atoms with van der Waals surface area (Å²) < 4.78 is 0. The number of anilines is 1. The average Bonchev–Trinajstić information content (AvgIpc) is 2.53. The zero-order valence-corrected chi connectivity index (χ0v) is 11.7. The summed E-state index contributed by atoms with van der Waals surface area (Å²) in [5, 5.41) is 3.50. The number of nitrogens with one attached hydrogen (secondary N) is 1. The molecular formula is C15H19NS. The zero-order valence-electron chi connectivity index (χ0n) is 10.9. The van der Waals surface area contributed by atoms with Gasteiger partial charge in [0.05, 0.1) is 0 Å². The van der Waals surface area contributed by atoms with Crippen molar-refractivity contribution in [2.45, 2.75) is 34.2 Å². The molecule has 0 spiro atoms. The summed E-state index contributed by atoms with van der Waals surface area (Å²) in [6, 6.07) is 8.87. The molecule has 0 amide bonds. The Morgan fingerprint density at radius 1 is 0.941 bits per heavy atom. The van der Waals surface area contributed by atoms with Gasteiger partial charge in [-0.15, -0.1) is 11.3 Å². The van der Waals surface area contributed by atoms with E-state index >= 15 is 0 Å². The van der Waals surface area contributed by atoms with Crippen LogP contribution >= 0.6 is 11.3 Å². The number of hydrogen-bond acceptors (Lipinski definition) is 2. The summed E-state index contributed by atoms with van der Waals surface area (Å²) >= 11 is 1.87. The molecule has 0 bridgehead atoms. The third kappa shape index (κ3) is 3.10. The van der Waals surface area contributed by atoms with E-state index < -0.39 is 0 Å². The van der Waals surface area contributed by atoms with Crippen LogP contribution in [-0.2, 0) is 6.54 Å². The highest BCUT2D eigenvalue weighted by molar-refractivity contribution is 7.12. The highest BCUT2D eigenvalue weighted by Gasteiger charge is 2.02. The van der Waals surface area contributed by atoms with Crippen LogP contribution in [0.15, 0.2) is 24.3 Å². The zero-order chi connectivity index (χ0) is 12.4. The lowest BCUT2D eigenvalue weighted by Gasteiger charge is -2.08. The van der Waals surface area contributed by atoms with Crippen LogP contribution in [-0.4, -0.2) is 0 Å². The van der Waals surface area contributed by atoms with Gasteiger partial charge < -0.3 is 5.32 Å². The van der Waals surface area contributed by atoms with Crippen LogP contribution in [0, 0.1) is 27.7 Å². The molecule has 1 heterocycles. The Kier molecular flexibility index (Phi) is 3.53. The molecule has 1 nitrogen and oxygen atoms in total. The van der Waals surface area contributed by atoms with E-state index in [0.717, 1.165) is 6.54 Å². The molecule has 1 N–H and O–H groups in total. The fourth-order valence-corrected chi connectivity index (χ4v) is 3.08. The predicted octanol–water partition coefficient (Wildman–Crippen LogP) is 4.59. The Bertz CT molecular complexity index is 505. The molecule has 1 aromatic heterocycles. The Labute approximate surface area is 108 Å². The minimum absolute atomic E-state index is 0.916. The first kappa shape index (κ1) is 12.2. The van der Waals surface area contributed by atoms with Gasteiger partial charge in [0, 0.05) is 22.0 Å². The van der Waals surface area contributed by atoms with Crippen LogP contribution < -0.4 is 5.32 Å². The van der Waals surface area contributed by atoms with E-state index in [1.165, 1.54) is 32.1 Å². The number of hydrogen-bond donors (Lipinski definition) is 1. The molecule has 17 heavy (non-hydrogen) atoms. The van der Waals surface area contributed by atoms with E-state index in [2.05, 4.69) is 57.3 Å². The third-order valence-electron chi connectivity index (χ3n) is 2.85. The topological polar surface area (TPSA) is 12.0 Å². The van der Waals surface area contributed by atoms with Gasteiger partial charge in [-0.2, -0.15) is 0 Å². The van der Waals surface area contributed by atoms with Crippen molar-refractivity contribution in [3.8, 4) is 0 Å². The molecule has 0 atom stereocenters. The van der Waals surface area contributed by atoms with Gasteiger partial charge >= 0.3 is 0 Å². The van der Waals surface area contributed by atoms with E-state index in [1.54, 1.807) is 0 Å². The summed E-state index contributed by atoms with van der Waals surface area (Å²) in [6.07, 6.45) is 0. The van der Waals surface area contributed by atoms with Gasteiger partial charge in [0.15, 0.2) is 0 Å². The molecule has 2 rings (SSSR count). The monoisotopic (exact) mass is 245 g/mol. The minimum Gasteiger partial charge on any atom is -0.381 e. The van der Waals surface area contributed by atoms with E-state index in [9.17, 15) is 0 Å². The first-order chi connectivity index (χ1) is 8.04. The molecule has 2 heteroatoms. The molecular weight excluding hydrogens is 226 g/mol. The van der Waals surface area contributed by atoms with Crippen molar-refractivity contribution in [2.24, 2.45) is 0 Å². The van der Waals surface area contributed by atoms with E-state index in [4.69, 9.17) is 0 Å². The second-order valence-corrected chi connectivity index (χ2v) is 6.13. The van der Waals surface area contributed by atoms with Crippen molar-refractivity contribution >= 4 is 17.0 Å². The highest BCUT2D eigenvalue weighted by atomic mass is 32.1. The molecule has 0 fully saturated rings. The van der Waals surface area contributed by atoms with Gasteiger partial charge in [0.2, 0.25) is 0 Å². The van der Waals surface area contributed by atoms with Gasteiger partial charge in [-0.3, -0.25) is 0 Å². The lowest BCUT2D eigenvalue weighted by molar-refractivity contribution is 1.14. The van der Waals surface area contributed by atoms with Crippen LogP contribution in [0.1, 0.15) is 26.4 Å². The molecule has 0 aliphatic heterocycles. The van der Waals surface area contributed by atoms with Crippen LogP contribution in [0.4, 0.5) is 5.69 Å². The lowest BCUT2D eigenvalue weighted by atomic mass is 10.1. The lowest BCUT2D eigenvalue weighted by Crippen LogP contribution is -2.00. The molecule has 0 unspecified atom stereocenters. The Morgan fingerprint density at radius 3 is 2.12 bits per heavy atom. The largest absolute Gasteiger partial charge is 0.381 e. The van der Waals surface area contributed by atoms with Crippen LogP contribution in [0.2, 0.25) is 0 Å². The number of aryl methyl sites for hydroxylation is 4. The quantitative estimate of drug-likeness (QED) is 0.833. The molecule has 0 aliphatic rings. The SMILES string of the molecule is Cc1cc(C)cc(NCc2cc(C)sc2C)c1. The van der Waals surface area contributed by atoms with Crippen LogP contribution in [0.3, 0.4) is 0 Å². The van der Waals surface area contributed by atoms with Crippen molar-refractivity contribution in [3.05, 3.63) is 50.7 Å². The number of thiophene rings is 1. The maximum absolute atomic E-state index is 3.50. The molecule has 90 valence electrons. The van der Waals surface area contributed by atoms with Crippen molar-refractivity contribution in [3.63, 3.8) is 0 Å². The first-order valence-electron chi connectivity index (χ1n) is 5.92.